The molecular weight excluding hydrogens is 557 g/mol. The number of ether oxygens (including phenoxy) is 3. The van der Waals surface area contributed by atoms with E-state index in [2.05, 4.69) is 67.7 Å². The van der Waals surface area contributed by atoms with Crippen molar-refractivity contribution in [2.45, 2.75) is 90.1 Å². The summed E-state index contributed by atoms with van der Waals surface area (Å²) in [7, 11) is -0.640. The molecule has 1 aliphatic rings. The largest absolute Gasteiger partial charge is 0.543 e. The van der Waals surface area contributed by atoms with Gasteiger partial charge in [-0.25, -0.2) is 0 Å². The van der Waals surface area contributed by atoms with Gasteiger partial charge in [-0.3, -0.25) is 9.59 Å². The van der Waals surface area contributed by atoms with Gasteiger partial charge in [0.1, 0.15) is 28.9 Å². The molecule has 0 bridgehead atoms. The third kappa shape index (κ3) is 5.86. The lowest BCUT2D eigenvalue weighted by molar-refractivity contribution is -0.141. The molecule has 10 heteroatoms. The van der Waals surface area contributed by atoms with Crippen molar-refractivity contribution in [1.82, 2.24) is 0 Å². The van der Waals surface area contributed by atoms with Crippen molar-refractivity contribution in [1.29, 1.82) is 0 Å². The first-order valence-electron chi connectivity index (χ1n) is 13.8. The standard InChI is InChI=1S/C31H46O8Si2/c1-30(2,3)40(10,11)38-20-15-14-19(35-7)23-24(20)27(29(34)37-9)25-21(39-41(12,13)31(4,5)6)16-18(17-22(32)36-8)28(33)26(23)25/h14-16,27,33H,17H2,1-13H3. The van der Waals surface area contributed by atoms with Crippen LogP contribution in [0, 0.1) is 0 Å². The van der Waals surface area contributed by atoms with Gasteiger partial charge in [-0.15, -0.1) is 0 Å². The van der Waals surface area contributed by atoms with E-state index in [0.29, 0.717) is 45.1 Å². The Labute approximate surface area is 246 Å². The Morgan fingerprint density at radius 3 is 1.73 bits per heavy atom. The number of esters is 2. The first kappa shape index (κ1) is 32.5. The number of phenols is 1. The van der Waals surface area contributed by atoms with Gasteiger partial charge < -0.3 is 28.2 Å². The molecule has 1 aliphatic carbocycles. The Morgan fingerprint density at radius 2 is 1.27 bits per heavy atom. The summed E-state index contributed by atoms with van der Waals surface area (Å²) in [6, 6.07) is 5.26. The van der Waals surface area contributed by atoms with E-state index in [1.165, 1.54) is 21.3 Å². The number of carbonyl (C=O) groups is 2. The minimum atomic E-state index is -2.46. The molecule has 41 heavy (non-hydrogen) atoms. The molecule has 1 N–H and O–H groups in total. The Hall–Kier alpha value is -2.99. The number of methoxy groups -OCH3 is 3. The van der Waals surface area contributed by atoms with Crippen LogP contribution in [0.2, 0.25) is 36.3 Å². The summed E-state index contributed by atoms with van der Waals surface area (Å²) in [5, 5.41) is 11.5. The van der Waals surface area contributed by atoms with E-state index < -0.39 is 34.5 Å². The van der Waals surface area contributed by atoms with Crippen LogP contribution in [0.5, 0.6) is 23.0 Å². The van der Waals surface area contributed by atoms with Gasteiger partial charge in [0.25, 0.3) is 0 Å². The number of rotatable bonds is 8. The van der Waals surface area contributed by atoms with E-state index in [1.54, 1.807) is 12.1 Å². The Morgan fingerprint density at radius 1 is 0.780 bits per heavy atom. The second-order valence-corrected chi connectivity index (χ2v) is 23.1. The molecular formula is C31H46O8Si2. The molecule has 226 valence electrons. The van der Waals surface area contributed by atoms with Crippen molar-refractivity contribution in [3.8, 4) is 34.1 Å². The molecule has 0 aromatic heterocycles. The van der Waals surface area contributed by atoms with Crippen molar-refractivity contribution in [3.63, 3.8) is 0 Å². The smallest absolute Gasteiger partial charge is 0.317 e. The lowest BCUT2D eigenvalue weighted by Gasteiger charge is -2.38. The summed E-state index contributed by atoms with van der Waals surface area (Å²) in [5.74, 6) is -0.691. The Kier molecular flexibility index (Phi) is 8.74. The number of benzene rings is 2. The Balaban J connectivity index is 2.49. The first-order chi connectivity index (χ1) is 18.7. The van der Waals surface area contributed by atoms with Gasteiger partial charge in [0.05, 0.1) is 27.8 Å². The van der Waals surface area contributed by atoms with E-state index in [0.717, 1.165) is 0 Å². The highest BCUT2D eigenvalue weighted by Gasteiger charge is 2.48. The normalized spacial score (nSPS) is 15.1. The number of aromatic hydroxyl groups is 1. The van der Waals surface area contributed by atoms with E-state index in [4.69, 9.17) is 23.1 Å². The minimum Gasteiger partial charge on any atom is -0.543 e. The summed E-state index contributed by atoms with van der Waals surface area (Å²) in [4.78, 5) is 26.1. The molecule has 0 radical (unpaired) electrons. The Bertz CT molecular complexity index is 1350. The van der Waals surface area contributed by atoms with Gasteiger partial charge in [0, 0.05) is 27.8 Å². The number of hydrogen-bond acceptors (Lipinski definition) is 8. The van der Waals surface area contributed by atoms with Gasteiger partial charge >= 0.3 is 11.9 Å². The molecule has 1 unspecified atom stereocenters. The van der Waals surface area contributed by atoms with Crippen molar-refractivity contribution >= 4 is 28.6 Å². The SMILES string of the molecule is COC(=O)Cc1cc(O[Si](C)(C)C(C)(C)C)c2c(c1O)-c1c(OC)ccc(O[Si](C)(C)C(C)(C)C)c1C2C(=O)OC. The van der Waals surface area contributed by atoms with Gasteiger partial charge in [-0.05, 0) is 54.5 Å². The molecule has 8 nitrogen and oxygen atoms in total. The topological polar surface area (TPSA) is 101 Å². The number of fused-ring (bicyclic) bond motifs is 3. The summed E-state index contributed by atoms with van der Waals surface area (Å²) < 4.78 is 29.7. The second kappa shape index (κ2) is 11.0. The van der Waals surface area contributed by atoms with E-state index in [1.807, 2.05) is 6.07 Å². The van der Waals surface area contributed by atoms with E-state index in [9.17, 15) is 14.7 Å². The fraction of sp³-hybridized carbons (Fsp3) is 0.548. The number of carbonyl (C=O) groups excluding carboxylic acids is 2. The van der Waals surface area contributed by atoms with Crippen molar-refractivity contribution in [2.75, 3.05) is 21.3 Å². The summed E-state index contributed by atoms with van der Waals surface area (Å²) in [6.45, 7) is 21.3. The lowest BCUT2D eigenvalue weighted by Crippen LogP contribution is -2.44. The molecule has 0 aliphatic heterocycles. The van der Waals surface area contributed by atoms with Crippen LogP contribution < -0.4 is 13.6 Å². The highest BCUT2D eigenvalue weighted by molar-refractivity contribution is 6.75. The minimum absolute atomic E-state index is 0.113. The molecule has 2 aromatic carbocycles. The van der Waals surface area contributed by atoms with Crippen LogP contribution >= 0.6 is 0 Å². The van der Waals surface area contributed by atoms with Crippen molar-refractivity contribution in [2.24, 2.45) is 0 Å². The van der Waals surface area contributed by atoms with E-state index in [-0.39, 0.29) is 22.2 Å². The maximum atomic E-state index is 13.7. The predicted octanol–water partition coefficient (Wildman–Crippen LogP) is 7.17. The summed E-state index contributed by atoms with van der Waals surface area (Å²) >= 11 is 0. The molecule has 2 aromatic rings. The maximum absolute atomic E-state index is 13.7. The van der Waals surface area contributed by atoms with Crippen LogP contribution in [0.15, 0.2) is 18.2 Å². The summed E-state index contributed by atoms with van der Waals surface area (Å²) in [6.07, 6.45) is -0.176. The molecule has 0 amide bonds. The van der Waals surface area contributed by atoms with Crippen LogP contribution in [-0.2, 0) is 25.5 Å². The van der Waals surface area contributed by atoms with Gasteiger partial charge in [0.15, 0.2) is 0 Å². The third-order valence-electron chi connectivity index (χ3n) is 8.94. The van der Waals surface area contributed by atoms with Gasteiger partial charge in [0.2, 0.25) is 16.6 Å². The number of hydrogen-bond donors (Lipinski definition) is 1. The zero-order chi connectivity index (χ0) is 31.3. The molecule has 0 saturated heterocycles. The van der Waals surface area contributed by atoms with Crippen LogP contribution in [0.25, 0.3) is 11.1 Å². The van der Waals surface area contributed by atoms with Crippen LogP contribution in [0.1, 0.15) is 64.2 Å². The lowest BCUT2D eigenvalue weighted by atomic mass is 9.94. The van der Waals surface area contributed by atoms with Crippen LogP contribution in [-0.4, -0.2) is 55.0 Å². The number of phenolic OH excluding ortho intramolecular Hbond substituents is 1. The van der Waals surface area contributed by atoms with Crippen LogP contribution in [0.4, 0.5) is 0 Å². The zero-order valence-electron chi connectivity index (χ0n) is 26.8. The summed E-state index contributed by atoms with van der Waals surface area (Å²) in [5.41, 5.74) is 2.27. The maximum Gasteiger partial charge on any atom is 0.317 e. The van der Waals surface area contributed by atoms with Crippen molar-refractivity contribution in [3.05, 3.63) is 34.9 Å². The van der Waals surface area contributed by atoms with Crippen molar-refractivity contribution < 1.29 is 37.8 Å². The molecule has 0 spiro atoms. The van der Waals surface area contributed by atoms with Crippen LogP contribution in [0.3, 0.4) is 0 Å². The molecule has 1 atom stereocenters. The third-order valence-corrected chi connectivity index (χ3v) is 17.6. The average molecular weight is 603 g/mol. The highest BCUT2D eigenvalue weighted by atomic mass is 28.4. The predicted molar refractivity (Wildman–Crippen MR) is 165 cm³/mol. The fourth-order valence-electron chi connectivity index (χ4n) is 4.44. The molecule has 0 saturated carbocycles. The van der Waals surface area contributed by atoms with Gasteiger partial charge in [-0.1, -0.05) is 41.5 Å². The first-order valence-corrected chi connectivity index (χ1v) is 19.7. The van der Waals surface area contributed by atoms with Gasteiger partial charge in [-0.2, -0.15) is 0 Å². The monoisotopic (exact) mass is 602 g/mol. The highest BCUT2D eigenvalue weighted by Crippen LogP contribution is 2.60. The second-order valence-electron chi connectivity index (χ2n) is 13.7. The molecule has 0 heterocycles. The average Bonchev–Trinajstić information content (AvgIpc) is 3.22. The fourth-order valence-corrected chi connectivity index (χ4v) is 6.50. The molecule has 3 rings (SSSR count). The quantitative estimate of drug-likeness (QED) is 0.251. The zero-order valence-corrected chi connectivity index (χ0v) is 28.8. The van der Waals surface area contributed by atoms with E-state index >= 15 is 0 Å². The molecule has 0 fully saturated rings.